The second-order valence-corrected chi connectivity index (χ2v) is 7.38. The van der Waals surface area contributed by atoms with E-state index in [0.717, 1.165) is 18.5 Å². The molecule has 1 aromatic carbocycles. The van der Waals surface area contributed by atoms with Gasteiger partial charge >= 0.3 is 0 Å². The lowest BCUT2D eigenvalue weighted by Crippen LogP contribution is -2.40. The highest BCUT2D eigenvalue weighted by Gasteiger charge is 2.28. The van der Waals surface area contributed by atoms with Gasteiger partial charge in [0.05, 0.1) is 5.02 Å². The maximum absolute atomic E-state index is 13.5. The third-order valence-electron chi connectivity index (χ3n) is 4.22. The first-order valence-electron chi connectivity index (χ1n) is 7.55. The van der Waals surface area contributed by atoms with Crippen molar-refractivity contribution >= 4 is 11.6 Å². The van der Waals surface area contributed by atoms with Gasteiger partial charge < -0.3 is 5.32 Å². The molecule has 0 radical (unpaired) electrons. The summed E-state index contributed by atoms with van der Waals surface area (Å²) in [6, 6.07) is 5.14. The number of halogens is 2. The van der Waals surface area contributed by atoms with Crippen LogP contribution in [0.3, 0.4) is 0 Å². The van der Waals surface area contributed by atoms with Crippen molar-refractivity contribution in [2.45, 2.75) is 52.0 Å². The average molecular weight is 298 g/mol. The van der Waals surface area contributed by atoms with Gasteiger partial charge in [-0.1, -0.05) is 30.2 Å². The van der Waals surface area contributed by atoms with Crippen molar-refractivity contribution in [2.24, 2.45) is 11.8 Å². The molecule has 1 aromatic rings. The molecule has 2 rings (SSSR count). The molecular formula is C17H25ClFN. The summed E-state index contributed by atoms with van der Waals surface area (Å²) in [6.07, 6.45) is 4.66. The monoisotopic (exact) mass is 297 g/mol. The predicted octanol–water partition coefficient (Wildman–Crippen LogP) is 4.83. The van der Waals surface area contributed by atoms with Crippen LogP contribution in [0.4, 0.5) is 4.39 Å². The third-order valence-corrected chi connectivity index (χ3v) is 4.65. The number of hydrogen-bond donors (Lipinski definition) is 1. The molecule has 2 atom stereocenters. The van der Waals surface area contributed by atoms with Crippen LogP contribution >= 0.6 is 11.6 Å². The lowest BCUT2D eigenvalue weighted by molar-refractivity contribution is 0.317. The molecule has 1 aliphatic rings. The van der Waals surface area contributed by atoms with Gasteiger partial charge in [0, 0.05) is 5.54 Å². The molecule has 1 fully saturated rings. The summed E-state index contributed by atoms with van der Waals surface area (Å²) in [5.41, 5.74) is 1.11. The largest absolute Gasteiger partial charge is 0.312 e. The van der Waals surface area contributed by atoms with E-state index < -0.39 is 0 Å². The van der Waals surface area contributed by atoms with Crippen LogP contribution in [0.25, 0.3) is 0 Å². The van der Waals surface area contributed by atoms with Crippen molar-refractivity contribution in [3.63, 3.8) is 0 Å². The Kier molecular flexibility index (Phi) is 5.09. The van der Waals surface area contributed by atoms with Crippen LogP contribution < -0.4 is 5.32 Å². The van der Waals surface area contributed by atoms with Gasteiger partial charge in [-0.3, -0.25) is 0 Å². The Labute approximate surface area is 126 Å². The van der Waals surface area contributed by atoms with Crippen LogP contribution in [0.2, 0.25) is 5.02 Å². The van der Waals surface area contributed by atoms with Crippen molar-refractivity contribution in [3.8, 4) is 0 Å². The highest BCUT2D eigenvalue weighted by molar-refractivity contribution is 6.31. The zero-order chi connectivity index (χ0) is 14.8. The number of hydrogen-bond acceptors (Lipinski definition) is 1. The van der Waals surface area contributed by atoms with Gasteiger partial charge in [0.15, 0.2) is 0 Å². The molecule has 0 amide bonds. The second-order valence-electron chi connectivity index (χ2n) is 7.00. The van der Waals surface area contributed by atoms with E-state index in [1.807, 2.05) is 6.07 Å². The summed E-state index contributed by atoms with van der Waals surface area (Å²) >= 11 is 6.08. The predicted molar refractivity (Wildman–Crippen MR) is 83.7 cm³/mol. The summed E-state index contributed by atoms with van der Waals surface area (Å²) in [5.74, 6) is 0.990. The highest BCUT2D eigenvalue weighted by atomic mass is 35.5. The SMILES string of the molecule is CC(C)(C)NCC1CCCC1Cc1cccc(F)c1Cl. The lowest BCUT2D eigenvalue weighted by Gasteiger charge is -2.26. The maximum atomic E-state index is 13.5. The van der Waals surface area contributed by atoms with Crippen LogP contribution in [0.15, 0.2) is 18.2 Å². The maximum Gasteiger partial charge on any atom is 0.142 e. The fourth-order valence-electron chi connectivity index (χ4n) is 3.08. The Bertz CT molecular complexity index is 453. The normalized spacial score (nSPS) is 23.2. The molecule has 1 nitrogen and oxygen atoms in total. The van der Waals surface area contributed by atoms with Crippen LogP contribution in [-0.4, -0.2) is 12.1 Å². The van der Waals surface area contributed by atoms with Gasteiger partial charge in [-0.25, -0.2) is 4.39 Å². The molecule has 0 bridgehead atoms. The van der Waals surface area contributed by atoms with Crippen LogP contribution in [0.5, 0.6) is 0 Å². The fourth-order valence-corrected chi connectivity index (χ4v) is 3.28. The topological polar surface area (TPSA) is 12.0 Å². The van der Waals surface area contributed by atoms with Gasteiger partial charge in [0.2, 0.25) is 0 Å². The molecule has 112 valence electrons. The third kappa shape index (κ3) is 4.20. The van der Waals surface area contributed by atoms with Crippen LogP contribution in [0, 0.1) is 17.7 Å². The van der Waals surface area contributed by atoms with Crippen molar-refractivity contribution in [2.75, 3.05) is 6.54 Å². The molecule has 1 saturated carbocycles. The van der Waals surface area contributed by atoms with Gasteiger partial charge in [-0.15, -0.1) is 0 Å². The van der Waals surface area contributed by atoms with Gasteiger partial charge in [-0.05, 0) is 70.0 Å². The zero-order valence-electron chi connectivity index (χ0n) is 12.7. The fraction of sp³-hybridized carbons (Fsp3) is 0.647. The van der Waals surface area contributed by atoms with E-state index in [9.17, 15) is 4.39 Å². The number of benzene rings is 1. The van der Waals surface area contributed by atoms with E-state index in [2.05, 4.69) is 26.1 Å². The molecule has 0 heterocycles. The van der Waals surface area contributed by atoms with E-state index in [-0.39, 0.29) is 11.4 Å². The molecule has 0 spiro atoms. The summed E-state index contributed by atoms with van der Waals surface area (Å²) in [5, 5.41) is 3.91. The quantitative estimate of drug-likeness (QED) is 0.839. The molecule has 3 heteroatoms. The standard InChI is InChI=1S/C17H25ClFN/c1-17(2,3)20-11-14-8-4-6-12(14)10-13-7-5-9-15(19)16(13)18/h5,7,9,12,14,20H,4,6,8,10-11H2,1-3H3. The Morgan fingerprint density at radius 1 is 1.25 bits per heavy atom. The van der Waals surface area contributed by atoms with Crippen molar-refractivity contribution in [1.82, 2.24) is 5.32 Å². The van der Waals surface area contributed by atoms with Crippen molar-refractivity contribution < 1.29 is 4.39 Å². The van der Waals surface area contributed by atoms with Gasteiger partial charge in [-0.2, -0.15) is 0 Å². The molecule has 0 aliphatic heterocycles. The minimum absolute atomic E-state index is 0.156. The Morgan fingerprint density at radius 2 is 1.95 bits per heavy atom. The molecular weight excluding hydrogens is 273 g/mol. The van der Waals surface area contributed by atoms with E-state index >= 15 is 0 Å². The van der Waals surface area contributed by atoms with E-state index in [1.165, 1.54) is 25.3 Å². The first-order valence-corrected chi connectivity index (χ1v) is 7.92. The molecule has 1 aliphatic carbocycles. The average Bonchev–Trinajstić information content (AvgIpc) is 2.79. The summed E-state index contributed by atoms with van der Waals surface area (Å²) < 4.78 is 13.5. The Hall–Kier alpha value is -0.600. The summed E-state index contributed by atoms with van der Waals surface area (Å²) in [7, 11) is 0. The molecule has 1 N–H and O–H groups in total. The zero-order valence-corrected chi connectivity index (χ0v) is 13.4. The van der Waals surface area contributed by atoms with Crippen LogP contribution in [0.1, 0.15) is 45.6 Å². The summed E-state index contributed by atoms with van der Waals surface area (Å²) in [6.45, 7) is 7.63. The highest BCUT2D eigenvalue weighted by Crippen LogP contribution is 2.35. The molecule has 2 unspecified atom stereocenters. The first-order chi connectivity index (χ1) is 9.37. The Morgan fingerprint density at radius 3 is 2.65 bits per heavy atom. The van der Waals surface area contributed by atoms with Crippen molar-refractivity contribution in [3.05, 3.63) is 34.6 Å². The molecule has 0 saturated heterocycles. The van der Waals surface area contributed by atoms with Crippen molar-refractivity contribution in [1.29, 1.82) is 0 Å². The summed E-state index contributed by atoms with van der Waals surface area (Å²) in [4.78, 5) is 0. The smallest absolute Gasteiger partial charge is 0.142 e. The minimum Gasteiger partial charge on any atom is -0.312 e. The van der Waals surface area contributed by atoms with E-state index in [1.54, 1.807) is 6.07 Å². The van der Waals surface area contributed by atoms with Crippen LogP contribution in [-0.2, 0) is 6.42 Å². The number of nitrogens with one attached hydrogen (secondary N) is 1. The second kappa shape index (κ2) is 6.44. The Balaban J connectivity index is 1.99. The molecule has 20 heavy (non-hydrogen) atoms. The lowest BCUT2D eigenvalue weighted by atomic mass is 9.89. The number of rotatable bonds is 4. The first kappa shape index (κ1) is 15.8. The van der Waals surface area contributed by atoms with E-state index in [4.69, 9.17) is 11.6 Å². The minimum atomic E-state index is -0.300. The van der Waals surface area contributed by atoms with Gasteiger partial charge in [0.1, 0.15) is 5.82 Å². The van der Waals surface area contributed by atoms with E-state index in [0.29, 0.717) is 16.9 Å². The van der Waals surface area contributed by atoms with Gasteiger partial charge in [0.25, 0.3) is 0 Å². The molecule has 0 aromatic heterocycles.